The van der Waals surface area contributed by atoms with Gasteiger partial charge >= 0.3 is 0 Å². The van der Waals surface area contributed by atoms with Gasteiger partial charge in [0.2, 0.25) is 5.91 Å². The van der Waals surface area contributed by atoms with Crippen molar-refractivity contribution in [2.75, 3.05) is 33.3 Å². The average Bonchev–Trinajstić information content (AvgIpc) is 2.46. The molecule has 0 atom stereocenters. The molecular weight excluding hydrogens is 228 g/mol. The molecule has 1 aromatic carbocycles. The van der Waals surface area contributed by atoms with E-state index in [1.807, 2.05) is 35.2 Å². The molecule has 0 unspecified atom stereocenters. The third kappa shape index (κ3) is 3.34. The van der Waals surface area contributed by atoms with Crippen molar-refractivity contribution in [3.63, 3.8) is 0 Å². The van der Waals surface area contributed by atoms with E-state index < -0.39 is 0 Å². The van der Waals surface area contributed by atoms with Crippen LogP contribution >= 0.6 is 0 Å². The molecule has 0 spiro atoms. The lowest BCUT2D eigenvalue weighted by Gasteiger charge is -2.26. The second-order valence-electron chi connectivity index (χ2n) is 4.18. The molecule has 0 radical (unpaired) electrons. The van der Waals surface area contributed by atoms with E-state index in [-0.39, 0.29) is 5.91 Å². The largest absolute Gasteiger partial charge is 0.497 e. The third-order valence-electron chi connectivity index (χ3n) is 2.96. The van der Waals surface area contributed by atoms with E-state index in [9.17, 15) is 4.79 Å². The highest BCUT2D eigenvalue weighted by Gasteiger charge is 2.12. The van der Waals surface area contributed by atoms with E-state index in [2.05, 4.69) is 5.32 Å². The first-order valence-electron chi connectivity index (χ1n) is 6.11. The van der Waals surface area contributed by atoms with Gasteiger partial charge in [-0.05, 0) is 23.8 Å². The molecule has 1 fully saturated rings. The molecule has 4 nitrogen and oxygen atoms in total. The molecule has 4 heteroatoms. The number of rotatable bonds is 3. The minimum absolute atomic E-state index is 0.0762. The normalized spacial score (nSPS) is 15.9. The number of piperazine rings is 1. The fraction of sp³-hybridized carbons (Fsp3) is 0.357. The van der Waals surface area contributed by atoms with Gasteiger partial charge in [-0.25, -0.2) is 0 Å². The molecule has 18 heavy (non-hydrogen) atoms. The van der Waals surface area contributed by atoms with Crippen molar-refractivity contribution in [3.05, 3.63) is 35.9 Å². The zero-order valence-electron chi connectivity index (χ0n) is 10.6. The third-order valence-corrected chi connectivity index (χ3v) is 2.96. The van der Waals surface area contributed by atoms with Crippen molar-refractivity contribution in [2.45, 2.75) is 0 Å². The molecule has 0 aliphatic carbocycles. The predicted octanol–water partition coefficient (Wildman–Crippen LogP) is 1.14. The van der Waals surface area contributed by atoms with Gasteiger partial charge in [-0.1, -0.05) is 12.1 Å². The number of ether oxygens (including phenoxy) is 1. The van der Waals surface area contributed by atoms with Crippen LogP contribution in [0.1, 0.15) is 5.56 Å². The van der Waals surface area contributed by atoms with Crippen LogP contribution in [-0.4, -0.2) is 44.1 Å². The number of carbonyl (C=O) groups excluding carboxylic acids is 1. The van der Waals surface area contributed by atoms with E-state index in [1.165, 1.54) is 0 Å². The summed E-state index contributed by atoms with van der Waals surface area (Å²) in [7, 11) is 1.64. The number of nitrogens with zero attached hydrogens (tertiary/aromatic N) is 1. The molecule has 2 rings (SSSR count). The van der Waals surface area contributed by atoms with E-state index in [4.69, 9.17) is 4.74 Å². The summed E-state index contributed by atoms with van der Waals surface area (Å²) in [6.45, 7) is 3.32. The maximum Gasteiger partial charge on any atom is 0.246 e. The molecule has 1 heterocycles. The Bertz CT molecular complexity index is 420. The monoisotopic (exact) mass is 246 g/mol. The SMILES string of the molecule is COc1ccc(/C=C/C(=O)N2CCNCC2)cc1. The lowest BCUT2D eigenvalue weighted by molar-refractivity contribution is -0.126. The van der Waals surface area contributed by atoms with E-state index in [1.54, 1.807) is 13.2 Å². The summed E-state index contributed by atoms with van der Waals surface area (Å²) in [6, 6.07) is 7.63. The molecule has 1 amide bonds. The Hall–Kier alpha value is -1.81. The number of hydrogen-bond donors (Lipinski definition) is 1. The summed E-state index contributed by atoms with van der Waals surface area (Å²) >= 11 is 0. The van der Waals surface area contributed by atoms with Crippen LogP contribution < -0.4 is 10.1 Å². The number of amides is 1. The molecule has 0 aromatic heterocycles. The van der Waals surface area contributed by atoms with Gasteiger partial charge in [0.05, 0.1) is 7.11 Å². The molecule has 1 N–H and O–H groups in total. The van der Waals surface area contributed by atoms with Crippen molar-refractivity contribution < 1.29 is 9.53 Å². The second kappa shape index (κ2) is 6.21. The molecule has 1 aliphatic rings. The van der Waals surface area contributed by atoms with Crippen molar-refractivity contribution in [2.24, 2.45) is 0 Å². The van der Waals surface area contributed by atoms with Gasteiger partial charge < -0.3 is 15.0 Å². The van der Waals surface area contributed by atoms with Gasteiger partial charge in [-0.2, -0.15) is 0 Å². The second-order valence-corrected chi connectivity index (χ2v) is 4.18. The van der Waals surface area contributed by atoms with Crippen LogP contribution in [0.25, 0.3) is 6.08 Å². The molecule has 96 valence electrons. The standard InChI is InChI=1S/C14H18N2O2/c1-18-13-5-2-12(3-6-13)4-7-14(17)16-10-8-15-9-11-16/h2-7,15H,8-11H2,1H3/b7-4+. The minimum Gasteiger partial charge on any atom is -0.497 e. The van der Waals surface area contributed by atoms with Gasteiger partial charge in [0.25, 0.3) is 0 Å². The highest BCUT2D eigenvalue weighted by atomic mass is 16.5. The zero-order valence-corrected chi connectivity index (χ0v) is 10.6. The summed E-state index contributed by atoms with van der Waals surface area (Å²) in [5.74, 6) is 0.896. The summed E-state index contributed by atoms with van der Waals surface area (Å²) in [5.41, 5.74) is 0.999. The average molecular weight is 246 g/mol. The van der Waals surface area contributed by atoms with Crippen LogP contribution in [0.15, 0.2) is 30.3 Å². The van der Waals surface area contributed by atoms with E-state index >= 15 is 0 Å². The van der Waals surface area contributed by atoms with Crippen LogP contribution in [0.5, 0.6) is 5.75 Å². The molecule has 1 aliphatic heterocycles. The Balaban J connectivity index is 1.94. The fourth-order valence-electron chi connectivity index (χ4n) is 1.87. The van der Waals surface area contributed by atoms with Crippen LogP contribution in [0, 0.1) is 0 Å². The Morgan fingerprint density at radius 2 is 1.94 bits per heavy atom. The summed E-state index contributed by atoms with van der Waals surface area (Å²) in [4.78, 5) is 13.7. The first kappa shape index (κ1) is 12.6. The molecule has 1 aromatic rings. The molecule has 0 bridgehead atoms. The van der Waals surface area contributed by atoms with Crippen LogP contribution in [0.4, 0.5) is 0 Å². The Labute approximate surface area is 107 Å². The van der Waals surface area contributed by atoms with Crippen molar-refractivity contribution >= 4 is 12.0 Å². The number of nitrogens with one attached hydrogen (secondary N) is 1. The summed E-state index contributed by atoms with van der Waals surface area (Å²) in [5, 5.41) is 3.22. The lowest BCUT2D eigenvalue weighted by atomic mass is 10.2. The van der Waals surface area contributed by atoms with Crippen LogP contribution in [0.3, 0.4) is 0 Å². The Morgan fingerprint density at radius 3 is 2.56 bits per heavy atom. The van der Waals surface area contributed by atoms with Gasteiger partial charge in [0, 0.05) is 32.3 Å². The van der Waals surface area contributed by atoms with Crippen LogP contribution in [0.2, 0.25) is 0 Å². The van der Waals surface area contributed by atoms with E-state index in [0.717, 1.165) is 37.5 Å². The maximum absolute atomic E-state index is 11.9. The van der Waals surface area contributed by atoms with Gasteiger partial charge in [0.1, 0.15) is 5.75 Å². The molecule has 0 saturated carbocycles. The maximum atomic E-state index is 11.9. The lowest BCUT2D eigenvalue weighted by Crippen LogP contribution is -2.45. The van der Waals surface area contributed by atoms with Crippen molar-refractivity contribution in [1.82, 2.24) is 10.2 Å². The van der Waals surface area contributed by atoms with Crippen LogP contribution in [-0.2, 0) is 4.79 Å². The predicted molar refractivity (Wildman–Crippen MR) is 71.5 cm³/mol. The highest BCUT2D eigenvalue weighted by Crippen LogP contribution is 2.12. The number of carbonyl (C=O) groups is 1. The van der Waals surface area contributed by atoms with Crippen molar-refractivity contribution in [1.29, 1.82) is 0 Å². The molecule has 1 saturated heterocycles. The van der Waals surface area contributed by atoms with E-state index in [0.29, 0.717) is 0 Å². The Morgan fingerprint density at radius 1 is 1.28 bits per heavy atom. The summed E-state index contributed by atoms with van der Waals surface area (Å²) in [6.07, 6.45) is 3.47. The van der Waals surface area contributed by atoms with Gasteiger partial charge in [-0.15, -0.1) is 0 Å². The highest BCUT2D eigenvalue weighted by molar-refractivity contribution is 5.91. The Kier molecular flexibility index (Phi) is 4.36. The number of methoxy groups -OCH3 is 1. The van der Waals surface area contributed by atoms with Gasteiger partial charge in [-0.3, -0.25) is 4.79 Å². The number of benzene rings is 1. The quantitative estimate of drug-likeness (QED) is 0.813. The minimum atomic E-state index is 0.0762. The number of hydrogen-bond acceptors (Lipinski definition) is 3. The zero-order chi connectivity index (χ0) is 12.8. The first-order chi connectivity index (χ1) is 8.79. The smallest absolute Gasteiger partial charge is 0.246 e. The first-order valence-corrected chi connectivity index (χ1v) is 6.11. The van der Waals surface area contributed by atoms with Crippen molar-refractivity contribution in [3.8, 4) is 5.75 Å². The summed E-state index contributed by atoms with van der Waals surface area (Å²) < 4.78 is 5.08. The van der Waals surface area contributed by atoms with Gasteiger partial charge in [0.15, 0.2) is 0 Å². The fourth-order valence-corrected chi connectivity index (χ4v) is 1.87. The molecular formula is C14H18N2O2. The topological polar surface area (TPSA) is 41.6 Å².